The monoisotopic (exact) mass is 445 g/mol. The van der Waals surface area contributed by atoms with E-state index in [1.54, 1.807) is 18.2 Å². The molecule has 1 fully saturated rings. The van der Waals surface area contributed by atoms with E-state index in [0.29, 0.717) is 16.4 Å². The van der Waals surface area contributed by atoms with Crippen molar-refractivity contribution >= 4 is 7.82 Å². The first-order chi connectivity index (χ1) is 14.1. The largest absolute Gasteiger partial charge is 0.530 e. The summed E-state index contributed by atoms with van der Waals surface area (Å²) in [4.78, 5) is 25.1. The zero-order chi connectivity index (χ0) is 21.7. The van der Waals surface area contributed by atoms with Gasteiger partial charge in [0.2, 0.25) is 0 Å². The zero-order valence-electron chi connectivity index (χ0n) is 15.4. The topological polar surface area (TPSA) is 162 Å². The molecule has 0 amide bonds. The first-order valence-corrected chi connectivity index (χ1v) is 10.1. The molecule has 0 bridgehead atoms. The van der Waals surface area contributed by atoms with Gasteiger partial charge in [-0.25, -0.2) is 13.8 Å². The second kappa shape index (κ2) is 7.08. The Morgan fingerprint density at radius 1 is 1.37 bits per heavy atom. The van der Waals surface area contributed by atoms with Crippen LogP contribution in [0.25, 0.3) is 0 Å². The fourth-order valence-electron chi connectivity index (χ4n) is 3.18. The lowest BCUT2D eigenvalue weighted by atomic mass is 10.0. The van der Waals surface area contributed by atoms with Gasteiger partial charge in [0, 0.05) is 5.56 Å². The van der Waals surface area contributed by atoms with E-state index in [2.05, 4.69) is 5.10 Å². The third-order valence-corrected chi connectivity index (χ3v) is 6.09. The number of aromatic amines is 1. The first kappa shape index (κ1) is 20.8. The molecule has 30 heavy (non-hydrogen) atoms. The smallest absolute Gasteiger partial charge is 0.404 e. The Kier molecular flexibility index (Phi) is 4.92. The van der Waals surface area contributed by atoms with E-state index in [-0.39, 0.29) is 12.4 Å². The van der Waals surface area contributed by atoms with Crippen LogP contribution in [0.1, 0.15) is 12.5 Å². The third kappa shape index (κ3) is 3.39. The predicted octanol–water partition coefficient (Wildman–Crippen LogP) is -0.244. The molecule has 2 aliphatic rings. The minimum absolute atomic E-state index is 0.118. The molecule has 1 unspecified atom stereocenters. The number of phosphoric acid groups is 1. The molecule has 0 spiro atoms. The number of fused-ring (bicyclic) bond motifs is 1. The van der Waals surface area contributed by atoms with Gasteiger partial charge in [0.25, 0.3) is 11.4 Å². The molecule has 162 valence electrons. The Bertz CT molecular complexity index is 1140. The number of rotatable bonds is 4. The van der Waals surface area contributed by atoms with Gasteiger partial charge in [-0.15, -0.1) is 0 Å². The third-order valence-electron chi connectivity index (χ3n) is 4.78. The molecule has 3 heterocycles. The maximum Gasteiger partial charge on any atom is 0.530 e. The first-order valence-electron chi connectivity index (χ1n) is 8.67. The Labute approximate surface area is 167 Å². The molecule has 5 atom stereocenters. The molecule has 1 aromatic carbocycles. The van der Waals surface area contributed by atoms with Gasteiger partial charge < -0.3 is 19.5 Å². The van der Waals surface area contributed by atoms with Crippen LogP contribution in [0.3, 0.4) is 0 Å². The zero-order valence-corrected chi connectivity index (χ0v) is 16.3. The van der Waals surface area contributed by atoms with Crippen molar-refractivity contribution in [3.05, 3.63) is 56.9 Å². The molecule has 14 heteroatoms. The summed E-state index contributed by atoms with van der Waals surface area (Å²) in [5.74, 6) is -2.89. The van der Waals surface area contributed by atoms with Crippen LogP contribution in [0, 0.1) is 0 Å². The van der Waals surface area contributed by atoms with Crippen molar-refractivity contribution in [1.29, 1.82) is 0 Å². The van der Waals surface area contributed by atoms with Gasteiger partial charge in [-0.2, -0.15) is 9.78 Å². The van der Waals surface area contributed by atoms with E-state index in [0.717, 1.165) is 6.92 Å². The second-order valence-electron chi connectivity index (χ2n) is 6.88. The highest BCUT2D eigenvalue weighted by Gasteiger charge is 2.64. The van der Waals surface area contributed by atoms with Crippen LogP contribution in [0.2, 0.25) is 0 Å². The summed E-state index contributed by atoms with van der Waals surface area (Å²) >= 11 is 0. The maximum absolute atomic E-state index is 15.4. The van der Waals surface area contributed by atoms with E-state index < -0.39 is 49.5 Å². The van der Waals surface area contributed by atoms with Crippen LogP contribution in [0.15, 0.2) is 40.1 Å². The summed E-state index contributed by atoms with van der Waals surface area (Å²) in [6.45, 7) is -0.216. The van der Waals surface area contributed by atoms with Gasteiger partial charge in [0.15, 0.2) is 5.72 Å². The van der Waals surface area contributed by atoms with Gasteiger partial charge in [0.1, 0.15) is 30.8 Å². The Morgan fingerprint density at radius 2 is 2.10 bits per heavy atom. The lowest BCUT2D eigenvalue weighted by Crippen LogP contribution is -2.51. The molecule has 0 radical (unpaired) electrons. The van der Waals surface area contributed by atoms with Gasteiger partial charge in [-0.3, -0.25) is 18.8 Å². The van der Waals surface area contributed by atoms with E-state index in [1.165, 1.54) is 6.07 Å². The SMILES string of the molecule is C[C@@]1(n2ncc(=O)[nH]c2=O)O[C@](F)(COP2(=O)OCc3ccccc3O2)[C@@H](O)[C@H]1O. The highest BCUT2D eigenvalue weighted by atomic mass is 31.2. The van der Waals surface area contributed by atoms with Crippen molar-refractivity contribution in [2.45, 2.75) is 37.3 Å². The number of ether oxygens (including phenoxy) is 1. The number of hydrogen-bond acceptors (Lipinski definition) is 10. The predicted molar refractivity (Wildman–Crippen MR) is 95.1 cm³/mol. The number of H-pyrrole nitrogens is 1. The van der Waals surface area contributed by atoms with Crippen molar-refractivity contribution in [2.24, 2.45) is 0 Å². The molecule has 0 aliphatic carbocycles. The van der Waals surface area contributed by atoms with Crippen LogP contribution >= 0.6 is 7.82 Å². The van der Waals surface area contributed by atoms with Crippen molar-refractivity contribution in [3.63, 3.8) is 0 Å². The molecule has 1 saturated heterocycles. The highest BCUT2D eigenvalue weighted by Crippen LogP contribution is 2.55. The van der Waals surface area contributed by atoms with Crippen molar-refractivity contribution in [3.8, 4) is 5.75 Å². The summed E-state index contributed by atoms with van der Waals surface area (Å²) in [6, 6.07) is 6.55. The van der Waals surface area contributed by atoms with Gasteiger partial charge in [-0.05, 0) is 13.0 Å². The minimum atomic E-state index is -4.26. The number of nitrogens with zero attached hydrogens (tertiary/aromatic N) is 2. The molecular weight excluding hydrogens is 428 g/mol. The molecule has 1 aromatic heterocycles. The number of benzene rings is 1. The van der Waals surface area contributed by atoms with Gasteiger partial charge in [0.05, 0.1) is 6.61 Å². The van der Waals surface area contributed by atoms with Crippen molar-refractivity contribution in [1.82, 2.24) is 14.8 Å². The highest BCUT2D eigenvalue weighted by molar-refractivity contribution is 7.49. The van der Waals surface area contributed by atoms with Gasteiger partial charge >= 0.3 is 13.5 Å². The number of para-hydroxylation sites is 1. The van der Waals surface area contributed by atoms with Crippen LogP contribution in [0.5, 0.6) is 5.75 Å². The lowest BCUT2D eigenvalue weighted by Gasteiger charge is -2.30. The molecule has 2 aromatic rings. The van der Waals surface area contributed by atoms with E-state index in [9.17, 15) is 24.4 Å². The molecule has 0 saturated carbocycles. The Balaban J connectivity index is 1.55. The number of hydrogen-bond donors (Lipinski definition) is 3. The fourth-order valence-corrected chi connectivity index (χ4v) is 4.41. The van der Waals surface area contributed by atoms with Crippen molar-refractivity contribution in [2.75, 3.05) is 6.61 Å². The summed E-state index contributed by atoms with van der Waals surface area (Å²) < 4.78 is 48.9. The van der Waals surface area contributed by atoms with Crippen LogP contribution in [-0.4, -0.2) is 49.6 Å². The van der Waals surface area contributed by atoms with E-state index >= 15 is 4.39 Å². The van der Waals surface area contributed by atoms with Crippen LogP contribution < -0.4 is 15.8 Å². The molecular formula is C16H17FN3O9P. The number of phosphoric ester groups is 1. The fraction of sp³-hybridized carbons (Fsp3) is 0.438. The number of aliphatic hydroxyl groups is 2. The number of aliphatic hydroxyl groups excluding tert-OH is 2. The van der Waals surface area contributed by atoms with Gasteiger partial charge in [-0.1, -0.05) is 18.2 Å². The Hall–Kier alpha value is -2.41. The second-order valence-corrected chi connectivity index (χ2v) is 8.47. The van der Waals surface area contributed by atoms with Crippen molar-refractivity contribution < 1.29 is 37.5 Å². The number of aromatic nitrogens is 3. The minimum Gasteiger partial charge on any atom is -0.404 e. The summed E-state index contributed by atoms with van der Waals surface area (Å²) in [6.07, 6.45) is -3.52. The average Bonchev–Trinajstić information content (AvgIpc) is 2.87. The summed E-state index contributed by atoms with van der Waals surface area (Å²) in [5.41, 5.74) is -3.54. The summed E-state index contributed by atoms with van der Waals surface area (Å²) in [5, 5.41) is 24.1. The normalized spacial score (nSPS) is 35.6. The standard InChI is InChI=1S/C16H17FN3O9P/c1-15(20-14(24)19-11(21)6-18-20)12(22)13(23)16(17,29-15)8-27-30(25)26-7-9-4-2-3-5-10(9)28-30/h2-6,12-13,22-23H,7-8H2,1H3,(H,19,21,24)/t12-,13+,15-,16-,30?/m1/s1. The lowest BCUT2D eigenvalue weighted by molar-refractivity contribution is -0.242. The van der Waals surface area contributed by atoms with E-state index in [4.69, 9.17) is 18.3 Å². The maximum atomic E-state index is 15.4. The van der Waals surface area contributed by atoms with Crippen LogP contribution in [0.4, 0.5) is 4.39 Å². The quantitative estimate of drug-likeness (QED) is 0.535. The molecule has 2 aliphatic heterocycles. The summed E-state index contributed by atoms with van der Waals surface area (Å²) in [7, 11) is -4.26. The number of alkyl halides is 1. The molecule has 3 N–H and O–H groups in total. The Morgan fingerprint density at radius 3 is 2.83 bits per heavy atom. The molecule has 12 nitrogen and oxygen atoms in total. The van der Waals surface area contributed by atoms with E-state index in [1.807, 2.05) is 4.98 Å². The van der Waals surface area contributed by atoms with Crippen LogP contribution in [-0.2, 0) is 30.7 Å². The number of halogens is 1. The number of nitrogens with one attached hydrogen (secondary N) is 1. The average molecular weight is 445 g/mol. The molecule has 4 rings (SSSR count).